The average Bonchev–Trinajstić information content (AvgIpc) is 3.41. The Balaban J connectivity index is 1.41. The van der Waals surface area contributed by atoms with Gasteiger partial charge in [0.1, 0.15) is 40.4 Å². The summed E-state index contributed by atoms with van der Waals surface area (Å²) in [5.41, 5.74) is -0.165. The summed E-state index contributed by atoms with van der Waals surface area (Å²) < 4.78 is 106. The maximum atomic E-state index is 15.1. The van der Waals surface area contributed by atoms with Crippen LogP contribution in [0.25, 0.3) is 22.3 Å². The molecule has 0 N–H and O–H groups in total. The van der Waals surface area contributed by atoms with Crippen LogP contribution in [0.15, 0.2) is 66.7 Å². The summed E-state index contributed by atoms with van der Waals surface area (Å²) in [6.07, 6.45) is 0.0938. The zero-order chi connectivity index (χ0) is 27.9. The van der Waals surface area contributed by atoms with E-state index < -0.39 is 52.1 Å². The first kappa shape index (κ1) is 26.8. The molecule has 5 rings (SSSR count). The Morgan fingerprint density at radius 3 is 1.74 bits per heavy atom. The lowest BCUT2D eigenvalue weighted by molar-refractivity contribution is -0.189. The van der Waals surface area contributed by atoms with E-state index in [9.17, 15) is 26.3 Å². The van der Waals surface area contributed by atoms with Crippen molar-refractivity contribution in [2.24, 2.45) is 0 Å². The van der Waals surface area contributed by atoms with Crippen molar-refractivity contribution in [3.8, 4) is 28.0 Å². The number of halogens is 7. The molecule has 1 saturated carbocycles. The van der Waals surface area contributed by atoms with E-state index in [1.165, 1.54) is 30.5 Å². The number of hydrogen-bond donors (Lipinski definition) is 0. The van der Waals surface area contributed by atoms with Gasteiger partial charge in [-0.15, -0.1) is 0 Å². The van der Waals surface area contributed by atoms with Crippen LogP contribution in [-0.4, -0.2) is 0 Å². The molecule has 0 saturated heterocycles. The van der Waals surface area contributed by atoms with Crippen molar-refractivity contribution >= 4 is 0 Å². The molecule has 1 nitrogen and oxygen atoms in total. The largest absolute Gasteiger partial charge is 0.432 e. The molecule has 0 atom stereocenters. The summed E-state index contributed by atoms with van der Waals surface area (Å²) in [5.74, 6) is -6.98. The Bertz CT molecular complexity index is 1480. The molecule has 202 valence electrons. The minimum atomic E-state index is -4.62. The fourth-order valence-electron chi connectivity index (χ4n) is 5.02. The van der Waals surface area contributed by atoms with Gasteiger partial charge in [0.2, 0.25) is 0 Å². The van der Waals surface area contributed by atoms with E-state index >= 15 is 4.39 Å². The highest BCUT2D eigenvalue weighted by atomic mass is 19.3. The minimum absolute atomic E-state index is 0.197. The third-order valence-corrected chi connectivity index (χ3v) is 7.18. The van der Waals surface area contributed by atoms with E-state index in [1.54, 1.807) is 6.07 Å². The second-order valence-corrected chi connectivity index (χ2v) is 9.74. The van der Waals surface area contributed by atoms with E-state index in [4.69, 9.17) is 0 Å². The minimum Gasteiger partial charge on any atom is -0.429 e. The summed E-state index contributed by atoms with van der Waals surface area (Å²) in [4.78, 5) is 0. The second kappa shape index (κ2) is 10.4. The van der Waals surface area contributed by atoms with Crippen molar-refractivity contribution in [1.82, 2.24) is 0 Å². The maximum Gasteiger partial charge on any atom is 0.432 e. The second-order valence-electron chi connectivity index (χ2n) is 9.74. The Labute approximate surface area is 220 Å². The fourth-order valence-corrected chi connectivity index (χ4v) is 5.02. The van der Waals surface area contributed by atoms with E-state index in [-0.39, 0.29) is 11.1 Å². The van der Waals surface area contributed by atoms with Gasteiger partial charge in [-0.2, -0.15) is 8.78 Å². The summed E-state index contributed by atoms with van der Waals surface area (Å²) >= 11 is 0. The smallest absolute Gasteiger partial charge is 0.429 e. The third kappa shape index (κ3) is 5.37. The molecule has 1 fully saturated rings. The molecule has 0 spiro atoms. The van der Waals surface area contributed by atoms with Gasteiger partial charge in [-0.3, -0.25) is 0 Å². The summed E-state index contributed by atoms with van der Waals surface area (Å²) in [5, 5.41) is 0. The van der Waals surface area contributed by atoms with Gasteiger partial charge < -0.3 is 4.74 Å². The van der Waals surface area contributed by atoms with E-state index in [0.717, 1.165) is 25.3 Å². The van der Waals surface area contributed by atoms with Crippen LogP contribution in [0.4, 0.5) is 30.7 Å². The van der Waals surface area contributed by atoms with Crippen LogP contribution >= 0.6 is 0 Å². The van der Waals surface area contributed by atoms with E-state index in [1.807, 2.05) is 24.3 Å². The molecule has 0 amide bonds. The van der Waals surface area contributed by atoms with Gasteiger partial charge in [0.15, 0.2) is 0 Å². The topological polar surface area (TPSA) is 9.23 Å². The fraction of sp³-hybridized carbons (Fsp3) is 0.226. The first-order valence-corrected chi connectivity index (χ1v) is 12.5. The highest BCUT2D eigenvalue weighted by molar-refractivity contribution is 5.71. The van der Waals surface area contributed by atoms with Gasteiger partial charge in [-0.1, -0.05) is 49.2 Å². The molecule has 0 heterocycles. The Morgan fingerprint density at radius 2 is 1.18 bits per heavy atom. The highest BCUT2D eigenvalue weighted by Crippen LogP contribution is 2.39. The average molecular weight is 545 g/mol. The van der Waals surface area contributed by atoms with Crippen molar-refractivity contribution < 1.29 is 35.5 Å². The zero-order valence-corrected chi connectivity index (χ0v) is 20.8. The van der Waals surface area contributed by atoms with Gasteiger partial charge in [-0.05, 0) is 66.1 Å². The molecule has 0 radical (unpaired) electrons. The Morgan fingerprint density at radius 1 is 0.641 bits per heavy atom. The van der Waals surface area contributed by atoms with Crippen molar-refractivity contribution in [2.75, 3.05) is 0 Å². The number of hydrogen-bond acceptors (Lipinski definition) is 1. The number of rotatable bonds is 6. The molecule has 0 bridgehead atoms. The van der Waals surface area contributed by atoms with Crippen molar-refractivity contribution in [2.45, 2.75) is 44.6 Å². The highest BCUT2D eigenvalue weighted by Gasteiger charge is 2.41. The Hall–Kier alpha value is -3.81. The number of alkyl halides is 2. The van der Waals surface area contributed by atoms with Gasteiger partial charge in [0, 0.05) is 23.3 Å². The monoisotopic (exact) mass is 544 g/mol. The van der Waals surface area contributed by atoms with Gasteiger partial charge in [0.05, 0.1) is 0 Å². The summed E-state index contributed by atoms with van der Waals surface area (Å²) in [7, 11) is 0. The van der Waals surface area contributed by atoms with Crippen molar-refractivity contribution in [3.05, 3.63) is 113 Å². The van der Waals surface area contributed by atoms with Gasteiger partial charge in [-0.25, -0.2) is 22.0 Å². The van der Waals surface area contributed by atoms with Gasteiger partial charge in [0.25, 0.3) is 0 Å². The molecule has 1 aliphatic rings. The predicted octanol–water partition coefficient (Wildman–Crippen LogP) is 9.81. The standard InChI is InChI=1S/C31H23F7O/c1-17-25(32)15-23(16-26(17)33)39-31(37,38)30-28(35)13-22(14-29(30)36)24-11-10-21(12-27(24)34)20-8-6-19(7-9-20)18-4-2-3-5-18/h6-16,18H,2-5H2,1H3. The van der Waals surface area contributed by atoms with Crippen molar-refractivity contribution in [1.29, 1.82) is 0 Å². The van der Waals surface area contributed by atoms with Gasteiger partial charge >= 0.3 is 6.11 Å². The summed E-state index contributed by atoms with van der Waals surface area (Å²) in [6, 6.07) is 14.0. The van der Waals surface area contributed by atoms with E-state index in [0.29, 0.717) is 35.7 Å². The molecule has 4 aromatic rings. The predicted molar refractivity (Wildman–Crippen MR) is 134 cm³/mol. The molecular weight excluding hydrogens is 521 g/mol. The van der Waals surface area contributed by atoms with Crippen LogP contribution in [-0.2, 0) is 6.11 Å². The normalized spacial score (nSPS) is 14.2. The van der Waals surface area contributed by atoms with Crippen LogP contribution in [0.5, 0.6) is 5.75 Å². The lowest BCUT2D eigenvalue weighted by Gasteiger charge is -2.20. The number of ether oxygens (including phenoxy) is 1. The molecular formula is C31H23F7O. The summed E-state index contributed by atoms with van der Waals surface area (Å²) in [6.45, 7) is 1.09. The first-order chi connectivity index (χ1) is 18.5. The van der Waals surface area contributed by atoms with Crippen molar-refractivity contribution in [3.63, 3.8) is 0 Å². The maximum absolute atomic E-state index is 15.1. The quantitative estimate of drug-likeness (QED) is 0.220. The molecule has 0 aromatic heterocycles. The van der Waals surface area contributed by atoms with Crippen LogP contribution in [0.3, 0.4) is 0 Å². The lowest BCUT2D eigenvalue weighted by Crippen LogP contribution is -2.25. The molecule has 0 aliphatic heterocycles. The first-order valence-electron chi connectivity index (χ1n) is 12.5. The van der Waals surface area contributed by atoms with Crippen LogP contribution in [0, 0.1) is 36.0 Å². The molecule has 4 aromatic carbocycles. The SMILES string of the molecule is Cc1c(F)cc(OC(F)(F)c2c(F)cc(-c3ccc(-c4ccc(C5CCCC5)cc4)cc3F)cc2F)cc1F. The molecule has 0 unspecified atom stereocenters. The molecule has 39 heavy (non-hydrogen) atoms. The van der Waals surface area contributed by atoms with Crippen LogP contribution in [0.1, 0.15) is 48.3 Å². The Kier molecular flexibility index (Phi) is 7.14. The molecule has 1 aliphatic carbocycles. The zero-order valence-electron chi connectivity index (χ0n) is 20.8. The lowest BCUT2D eigenvalue weighted by atomic mass is 9.94. The van der Waals surface area contributed by atoms with E-state index in [2.05, 4.69) is 4.74 Å². The third-order valence-electron chi connectivity index (χ3n) is 7.18. The molecule has 8 heteroatoms. The van der Waals surface area contributed by atoms with Crippen LogP contribution < -0.4 is 4.74 Å². The number of benzene rings is 4. The van der Waals surface area contributed by atoms with Crippen LogP contribution in [0.2, 0.25) is 0 Å².